The minimum Gasteiger partial charge on any atom is -0.344 e. The van der Waals surface area contributed by atoms with Gasteiger partial charge in [-0.25, -0.2) is 0 Å². The molecule has 0 saturated heterocycles. The highest BCUT2D eigenvalue weighted by molar-refractivity contribution is 5.92. The minimum absolute atomic E-state index is 0.0503. The highest BCUT2D eigenvalue weighted by atomic mass is 16.2. The Bertz CT molecular complexity index is 506. The Morgan fingerprint density at radius 2 is 2.06 bits per heavy atom. The van der Waals surface area contributed by atoms with Crippen LogP contribution in [0.15, 0.2) is 36.5 Å². The van der Waals surface area contributed by atoms with Crippen molar-refractivity contribution in [3.63, 3.8) is 0 Å². The van der Waals surface area contributed by atoms with Gasteiger partial charge < -0.3 is 5.32 Å². The molecule has 0 aliphatic heterocycles. The second-order valence-electron chi connectivity index (χ2n) is 3.88. The van der Waals surface area contributed by atoms with Crippen LogP contribution in [0.1, 0.15) is 29.0 Å². The van der Waals surface area contributed by atoms with E-state index < -0.39 is 0 Å². The predicted octanol–water partition coefficient (Wildman–Crippen LogP) is 1.31. The standard InChI is InChI=1S/C12H14N4O/c1-9(10-6-4-3-5-7-10)13-12(17)11-8-16(2)15-14-11/h3-9H,1-2H3,(H,13,17)/t9-/m1/s1. The van der Waals surface area contributed by atoms with Crippen LogP contribution in [0.3, 0.4) is 0 Å². The molecule has 0 spiro atoms. The molecule has 0 saturated carbocycles. The van der Waals surface area contributed by atoms with Crippen LogP contribution in [0.25, 0.3) is 0 Å². The lowest BCUT2D eigenvalue weighted by Crippen LogP contribution is -2.26. The number of benzene rings is 1. The molecule has 2 aromatic rings. The first kappa shape index (κ1) is 11.3. The van der Waals surface area contributed by atoms with Gasteiger partial charge >= 0.3 is 0 Å². The second-order valence-corrected chi connectivity index (χ2v) is 3.88. The lowest BCUT2D eigenvalue weighted by molar-refractivity contribution is 0.0934. The highest BCUT2D eigenvalue weighted by Gasteiger charge is 2.13. The van der Waals surface area contributed by atoms with E-state index in [2.05, 4.69) is 15.6 Å². The number of nitrogens with zero attached hydrogens (tertiary/aromatic N) is 3. The van der Waals surface area contributed by atoms with E-state index in [1.165, 1.54) is 4.68 Å². The summed E-state index contributed by atoms with van der Waals surface area (Å²) in [5, 5.41) is 10.4. The van der Waals surface area contributed by atoms with Gasteiger partial charge in [0.2, 0.25) is 0 Å². The first-order valence-corrected chi connectivity index (χ1v) is 5.39. The molecule has 1 aromatic heterocycles. The van der Waals surface area contributed by atoms with Crippen LogP contribution in [0.4, 0.5) is 0 Å². The topological polar surface area (TPSA) is 59.8 Å². The van der Waals surface area contributed by atoms with Crippen LogP contribution in [-0.4, -0.2) is 20.9 Å². The molecule has 88 valence electrons. The Hall–Kier alpha value is -2.17. The van der Waals surface area contributed by atoms with Gasteiger partial charge in [-0.05, 0) is 12.5 Å². The molecule has 0 aliphatic carbocycles. The Morgan fingerprint density at radius 3 is 2.65 bits per heavy atom. The fraction of sp³-hybridized carbons (Fsp3) is 0.250. The SMILES string of the molecule is C[C@@H](NC(=O)c1cn(C)nn1)c1ccccc1. The van der Waals surface area contributed by atoms with Crippen LogP contribution in [0, 0.1) is 0 Å². The summed E-state index contributed by atoms with van der Waals surface area (Å²) in [7, 11) is 1.73. The van der Waals surface area contributed by atoms with E-state index in [0.29, 0.717) is 5.69 Å². The molecule has 2 rings (SSSR count). The second kappa shape index (κ2) is 4.78. The summed E-state index contributed by atoms with van der Waals surface area (Å²) in [5.41, 5.74) is 1.39. The molecule has 5 nitrogen and oxygen atoms in total. The number of carbonyl (C=O) groups is 1. The quantitative estimate of drug-likeness (QED) is 0.864. The van der Waals surface area contributed by atoms with Crippen molar-refractivity contribution in [3.05, 3.63) is 47.8 Å². The summed E-state index contributed by atoms with van der Waals surface area (Å²) in [5.74, 6) is -0.213. The molecule has 1 amide bonds. The van der Waals surface area contributed by atoms with Crippen LogP contribution in [0.5, 0.6) is 0 Å². The molecular formula is C12H14N4O. The van der Waals surface area contributed by atoms with E-state index in [1.807, 2.05) is 37.3 Å². The zero-order valence-electron chi connectivity index (χ0n) is 9.79. The third-order valence-corrected chi connectivity index (χ3v) is 2.48. The summed E-state index contributed by atoms with van der Waals surface area (Å²) in [6.07, 6.45) is 1.59. The zero-order chi connectivity index (χ0) is 12.3. The van der Waals surface area contributed by atoms with Crippen molar-refractivity contribution in [1.29, 1.82) is 0 Å². The first-order chi connectivity index (χ1) is 8.16. The van der Waals surface area contributed by atoms with Crippen LogP contribution in [0.2, 0.25) is 0 Å². The van der Waals surface area contributed by atoms with Gasteiger partial charge in [-0.3, -0.25) is 9.48 Å². The molecule has 0 radical (unpaired) electrons. The third kappa shape index (κ3) is 2.69. The van der Waals surface area contributed by atoms with Gasteiger partial charge in [-0.15, -0.1) is 5.10 Å². The molecule has 0 aliphatic rings. The van der Waals surface area contributed by atoms with Crippen molar-refractivity contribution in [1.82, 2.24) is 20.3 Å². The number of hydrogen-bond acceptors (Lipinski definition) is 3. The van der Waals surface area contributed by atoms with Gasteiger partial charge in [0, 0.05) is 7.05 Å². The van der Waals surface area contributed by atoms with E-state index >= 15 is 0 Å². The number of aromatic nitrogens is 3. The van der Waals surface area contributed by atoms with Gasteiger partial charge in [0.1, 0.15) is 0 Å². The molecule has 1 heterocycles. The van der Waals surface area contributed by atoms with Crippen molar-refractivity contribution in [2.24, 2.45) is 7.05 Å². The normalized spacial score (nSPS) is 12.1. The lowest BCUT2D eigenvalue weighted by Gasteiger charge is -2.12. The van der Waals surface area contributed by atoms with Crippen LogP contribution in [-0.2, 0) is 7.05 Å². The smallest absolute Gasteiger partial charge is 0.273 e. The number of hydrogen-bond donors (Lipinski definition) is 1. The molecular weight excluding hydrogens is 216 g/mol. The van der Waals surface area contributed by atoms with Crippen molar-refractivity contribution in [3.8, 4) is 0 Å². The fourth-order valence-electron chi connectivity index (χ4n) is 1.55. The van der Waals surface area contributed by atoms with Crippen molar-refractivity contribution in [2.75, 3.05) is 0 Å². The minimum atomic E-state index is -0.213. The van der Waals surface area contributed by atoms with Gasteiger partial charge in [0.15, 0.2) is 5.69 Å². The summed E-state index contributed by atoms with van der Waals surface area (Å²) in [6.45, 7) is 1.93. The molecule has 1 aromatic carbocycles. The van der Waals surface area contributed by atoms with Crippen molar-refractivity contribution in [2.45, 2.75) is 13.0 Å². The number of nitrogens with one attached hydrogen (secondary N) is 1. The molecule has 0 unspecified atom stereocenters. The maximum atomic E-state index is 11.8. The number of aryl methyl sites for hydroxylation is 1. The van der Waals surface area contributed by atoms with E-state index in [1.54, 1.807) is 13.2 Å². The van der Waals surface area contributed by atoms with Crippen molar-refractivity contribution >= 4 is 5.91 Å². The number of carbonyl (C=O) groups excluding carboxylic acids is 1. The molecule has 1 N–H and O–H groups in total. The van der Waals surface area contributed by atoms with E-state index in [4.69, 9.17) is 0 Å². The van der Waals surface area contributed by atoms with Gasteiger partial charge in [-0.1, -0.05) is 35.5 Å². The Labute approximate surface area is 99.5 Å². The maximum Gasteiger partial charge on any atom is 0.273 e. The molecule has 17 heavy (non-hydrogen) atoms. The first-order valence-electron chi connectivity index (χ1n) is 5.39. The fourth-order valence-corrected chi connectivity index (χ4v) is 1.55. The summed E-state index contributed by atoms with van der Waals surface area (Å²) < 4.78 is 1.50. The average Bonchev–Trinajstić information content (AvgIpc) is 2.77. The van der Waals surface area contributed by atoms with E-state index in [-0.39, 0.29) is 11.9 Å². The van der Waals surface area contributed by atoms with Gasteiger partial charge in [0.25, 0.3) is 5.91 Å². The van der Waals surface area contributed by atoms with Crippen LogP contribution >= 0.6 is 0 Å². The average molecular weight is 230 g/mol. The number of rotatable bonds is 3. The largest absolute Gasteiger partial charge is 0.344 e. The van der Waals surface area contributed by atoms with Gasteiger partial charge in [-0.2, -0.15) is 0 Å². The molecule has 0 bridgehead atoms. The van der Waals surface area contributed by atoms with Crippen molar-refractivity contribution < 1.29 is 4.79 Å². The Balaban J connectivity index is 2.04. The summed E-state index contributed by atoms with van der Waals surface area (Å²) in [4.78, 5) is 11.8. The predicted molar refractivity (Wildman–Crippen MR) is 63.3 cm³/mol. The summed E-state index contributed by atoms with van der Waals surface area (Å²) >= 11 is 0. The van der Waals surface area contributed by atoms with E-state index in [0.717, 1.165) is 5.56 Å². The Morgan fingerprint density at radius 1 is 1.35 bits per heavy atom. The van der Waals surface area contributed by atoms with E-state index in [9.17, 15) is 4.79 Å². The monoisotopic (exact) mass is 230 g/mol. The third-order valence-electron chi connectivity index (χ3n) is 2.48. The van der Waals surface area contributed by atoms with Crippen LogP contribution < -0.4 is 5.32 Å². The van der Waals surface area contributed by atoms with Gasteiger partial charge in [0.05, 0.1) is 12.2 Å². The Kier molecular flexibility index (Phi) is 3.18. The summed E-state index contributed by atoms with van der Waals surface area (Å²) in [6, 6.07) is 9.73. The maximum absolute atomic E-state index is 11.8. The molecule has 0 fully saturated rings. The zero-order valence-corrected chi connectivity index (χ0v) is 9.79. The highest BCUT2D eigenvalue weighted by Crippen LogP contribution is 2.11. The number of amides is 1. The lowest BCUT2D eigenvalue weighted by atomic mass is 10.1. The molecule has 5 heteroatoms. The molecule has 1 atom stereocenters.